The summed E-state index contributed by atoms with van der Waals surface area (Å²) in [7, 11) is -2.17. The Labute approximate surface area is 176 Å². The Kier molecular flexibility index (Phi) is 6.72. The number of sulfone groups is 1. The highest BCUT2D eigenvalue weighted by Crippen LogP contribution is 2.28. The van der Waals surface area contributed by atoms with Crippen molar-refractivity contribution in [3.05, 3.63) is 53.5 Å². The van der Waals surface area contributed by atoms with E-state index in [2.05, 4.69) is 15.3 Å². The first-order valence-corrected chi connectivity index (χ1v) is 11.7. The van der Waals surface area contributed by atoms with Gasteiger partial charge in [0.15, 0.2) is 5.16 Å². The van der Waals surface area contributed by atoms with E-state index in [1.54, 1.807) is 18.6 Å². The number of thioether (sulfide) groups is 1. The van der Waals surface area contributed by atoms with E-state index in [4.69, 9.17) is 10.5 Å². The van der Waals surface area contributed by atoms with Crippen LogP contribution in [0.1, 0.15) is 5.56 Å². The molecule has 3 N–H and O–H groups in total. The summed E-state index contributed by atoms with van der Waals surface area (Å²) in [6, 6.07) is 10.5. The second kappa shape index (κ2) is 9.25. The Bertz CT molecular complexity index is 1100. The molecule has 0 atom stereocenters. The highest BCUT2D eigenvalue weighted by molar-refractivity contribution is 7.99. The van der Waals surface area contributed by atoms with Gasteiger partial charge in [0.25, 0.3) is 0 Å². The molecule has 0 saturated carbocycles. The van der Waals surface area contributed by atoms with E-state index in [9.17, 15) is 13.2 Å². The Balaban J connectivity index is 1.58. The molecule has 0 aliphatic rings. The van der Waals surface area contributed by atoms with Gasteiger partial charge >= 0.3 is 0 Å². The van der Waals surface area contributed by atoms with E-state index in [1.165, 1.54) is 12.3 Å². The fraction of sp³-hybridized carbons (Fsp3) is 0.167. The molecule has 2 heterocycles. The van der Waals surface area contributed by atoms with Crippen molar-refractivity contribution in [2.45, 2.75) is 20.8 Å². The topological polar surface area (TPSA) is 124 Å². The van der Waals surface area contributed by atoms with Crippen LogP contribution < -0.4 is 15.8 Å². The summed E-state index contributed by atoms with van der Waals surface area (Å²) in [5.41, 5.74) is 6.74. The van der Waals surface area contributed by atoms with Gasteiger partial charge in [-0.25, -0.2) is 18.4 Å². The van der Waals surface area contributed by atoms with Crippen molar-refractivity contribution in [1.82, 2.24) is 15.3 Å². The number of benzene rings is 1. The lowest BCUT2D eigenvalue weighted by molar-refractivity contribution is -0.118. The number of nitrogens with one attached hydrogen (secondary N) is 1. The van der Waals surface area contributed by atoms with E-state index < -0.39 is 9.84 Å². The maximum absolute atomic E-state index is 12.5. The molecule has 0 fully saturated rings. The zero-order valence-corrected chi connectivity index (χ0v) is 17.8. The Morgan fingerprint density at radius 2 is 2.14 bits per heavy atom. The normalized spacial score (nSPS) is 11.2. The molecule has 11 heteroatoms. The number of hydrogen-bond acceptors (Lipinski definition) is 9. The number of thiophene rings is 1. The molecule has 29 heavy (non-hydrogen) atoms. The molecular weight excluding hydrogens is 432 g/mol. The minimum Gasteiger partial charge on any atom is -0.497 e. The number of aromatic nitrogens is 2. The minimum absolute atomic E-state index is 0.0699. The van der Waals surface area contributed by atoms with Gasteiger partial charge in [0.2, 0.25) is 15.7 Å². The van der Waals surface area contributed by atoms with Gasteiger partial charge in [-0.05, 0) is 29.1 Å². The van der Waals surface area contributed by atoms with Crippen LogP contribution >= 0.6 is 23.1 Å². The number of rotatable bonds is 8. The summed E-state index contributed by atoms with van der Waals surface area (Å²) >= 11 is 2.16. The first-order valence-electron chi connectivity index (χ1n) is 8.33. The molecule has 0 aliphatic heterocycles. The number of nitrogens with zero attached hydrogens (tertiary/aromatic N) is 2. The number of nitrogens with two attached hydrogens (primary N) is 1. The molecule has 0 saturated heterocycles. The first-order chi connectivity index (χ1) is 13.9. The molecular formula is C18H18N4O4S3. The van der Waals surface area contributed by atoms with Crippen LogP contribution in [0.3, 0.4) is 0 Å². The number of amides is 1. The van der Waals surface area contributed by atoms with Gasteiger partial charge in [-0.1, -0.05) is 30.0 Å². The van der Waals surface area contributed by atoms with Gasteiger partial charge in [-0.2, -0.15) is 0 Å². The lowest BCUT2D eigenvalue weighted by atomic mass is 10.2. The smallest absolute Gasteiger partial charge is 0.230 e. The van der Waals surface area contributed by atoms with Crippen molar-refractivity contribution >= 4 is 44.7 Å². The first kappa shape index (κ1) is 21.1. The van der Waals surface area contributed by atoms with Crippen molar-refractivity contribution in [3.63, 3.8) is 0 Å². The molecule has 1 aromatic carbocycles. The molecule has 0 unspecified atom stereocenters. The minimum atomic E-state index is -3.75. The van der Waals surface area contributed by atoms with Crippen LogP contribution in [0.25, 0.3) is 0 Å². The zero-order valence-electron chi connectivity index (χ0n) is 15.4. The third-order valence-corrected chi connectivity index (χ3v) is 7.80. The van der Waals surface area contributed by atoms with Crippen molar-refractivity contribution < 1.29 is 17.9 Å². The number of carbonyl (C=O) groups is 1. The summed E-state index contributed by atoms with van der Waals surface area (Å²) < 4.78 is 30.4. The average Bonchev–Trinajstić information content (AvgIpc) is 3.26. The third-order valence-electron chi connectivity index (χ3n) is 3.77. The lowest BCUT2D eigenvalue weighted by Crippen LogP contribution is -2.24. The van der Waals surface area contributed by atoms with Crippen LogP contribution in [0.2, 0.25) is 0 Å². The molecule has 0 radical (unpaired) electrons. The second-order valence-corrected chi connectivity index (χ2v) is 9.79. The Morgan fingerprint density at radius 3 is 2.83 bits per heavy atom. The Morgan fingerprint density at radius 1 is 1.31 bits per heavy atom. The van der Waals surface area contributed by atoms with Crippen LogP contribution in [0.15, 0.2) is 62.2 Å². The van der Waals surface area contributed by atoms with Gasteiger partial charge in [-0.3, -0.25) is 4.79 Å². The van der Waals surface area contributed by atoms with Crippen LogP contribution in [-0.4, -0.2) is 37.2 Å². The van der Waals surface area contributed by atoms with Crippen LogP contribution in [-0.2, 0) is 21.2 Å². The van der Waals surface area contributed by atoms with Crippen LogP contribution in [0, 0.1) is 0 Å². The number of carbonyl (C=O) groups excluding carboxylic acids is 1. The standard InChI is InChI=1S/C18H18N4O4S3/c1-26-13-5-2-4-12(8-13)9-20-15(23)11-28-18-21-10-14(17(19)22-18)29(24,25)16-6-3-7-27-16/h2-8,10H,9,11H2,1H3,(H,20,23)(H2,19,21,22). The number of nitrogen functional groups attached to an aromatic ring is 1. The third kappa shape index (κ3) is 5.25. The highest BCUT2D eigenvalue weighted by Gasteiger charge is 2.23. The fourth-order valence-electron chi connectivity index (χ4n) is 2.33. The summed E-state index contributed by atoms with van der Waals surface area (Å²) in [6.45, 7) is 0.359. The maximum atomic E-state index is 12.5. The van der Waals surface area contributed by atoms with Gasteiger partial charge < -0.3 is 15.8 Å². The van der Waals surface area contributed by atoms with Gasteiger partial charge in [-0.15, -0.1) is 11.3 Å². The van der Waals surface area contributed by atoms with Crippen molar-refractivity contribution in [2.24, 2.45) is 0 Å². The average molecular weight is 451 g/mol. The van der Waals surface area contributed by atoms with E-state index in [0.717, 1.165) is 28.7 Å². The number of anilines is 1. The SMILES string of the molecule is COc1cccc(CNC(=O)CSc2ncc(S(=O)(=O)c3cccs3)c(N)n2)c1. The molecule has 152 valence electrons. The predicted octanol–water partition coefficient (Wildman–Crippen LogP) is 2.37. The number of methoxy groups -OCH3 is 1. The molecule has 3 aromatic rings. The fourth-order valence-corrected chi connectivity index (χ4v) is 5.36. The van der Waals surface area contributed by atoms with Gasteiger partial charge in [0.05, 0.1) is 19.1 Å². The van der Waals surface area contributed by atoms with Gasteiger partial charge in [0, 0.05) is 6.54 Å². The summed E-state index contributed by atoms with van der Waals surface area (Å²) in [6.07, 6.45) is 1.17. The monoisotopic (exact) mass is 450 g/mol. The van der Waals surface area contributed by atoms with Crippen LogP contribution in [0.4, 0.5) is 5.82 Å². The maximum Gasteiger partial charge on any atom is 0.230 e. The van der Waals surface area contributed by atoms with E-state index in [0.29, 0.717) is 12.3 Å². The molecule has 8 nitrogen and oxygen atoms in total. The van der Waals surface area contributed by atoms with E-state index >= 15 is 0 Å². The molecule has 1 amide bonds. The largest absolute Gasteiger partial charge is 0.497 e. The van der Waals surface area contributed by atoms with E-state index in [1.807, 2.05) is 24.3 Å². The van der Waals surface area contributed by atoms with Crippen molar-refractivity contribution in [2.75, 3.05) is 18.6 Å². The van der Waals surface area contributed by atoms with Gasteiger partial charge in [0.1, 0.15) is 20.7 Å². The lowest BCUT2D eigenvalue weighted by Gasteiger charge is -2.08. The highest BCUT2D eigenvalue weighted by atomic mass is 32.2. The number of hydrogen-bond donors (Lipinski definition) is 2. The molecule has 3 rings (SSSR count). The molecule has 2 aromatic heterocycles. The quantitative estimate of drug-likeness (QED) is 0.396. The van der Waals surface area contributed by atoms with E-state index in [-0.39, 0.29) is 31.7 Å². The summed E-state index contributed by atoms with van der Waals surface area (Å²) in [5.74, 6) is 0.427. The molecule has 0 bridgehead atoms. The Hall–Kier alpha value is -2.63. The number of ether oxygens (including phenoxy) is 1. The summed E-state index contributed by atoms with van der Waals surface area (Å²) in [5, 5.41) is 4.68. The van der Waals surface area contributed by atoms with Crippen molar-refractivity contribution in [1.29, 1.82) is 0 Å². The zero-order chi connectivity index (χ0) is 20.9. The van der Waals surface area contributed by atoms with Crippen molar-refractivity contribution in [3.8, 4) is 5.75 Å². The predicted molar refractivity (Wildman–Crippen MR) is 112 cm³/mol. The molecule has 0 spiro atoms. The second-order valence-electron chi connectivity index (χ2n) is 5.75. The summed E-state index contributed by atoms with van der Waals surface area (Å²) in [4.78, 5) is 20.0. The molecule has 0 aliphatic carbocycles. The van der Waals surface area contributed by atoms with Crippen LogP contribution in [0.5, 0.6) is 5.75 Å².